The smallest absolute Gasteiger partial charge is 0.325 e. The van der Waals surface area contributed by atoms with Crippen molar-refractivity contribution in [2.75, 3.05) is 32.8 Å². The fraction of sp³-hybridized carbons (Fsp3) is 0.519. The van der Waals surface area contributed by atoms with E-state index in [1.807, 2.05) is 37.3 Å². The first-order valence-electron chi connectivity index (χ1n) is 12.7. The summed E-state index contributed by atoms with van der Waals surface area (Å²) in [5.74, 6) is 0.664. The summed E-state index contributed by atoms with van der Waals surface area (Å²) in [4.78, 5) is 35.3. The molecule has 0 spiro atoms. The maximum Gasteiger partial charge on any atom is 0.325 e. The van der Waals surface area contributed by atoms with E-state index >= 15 is 0 Å². The summed E-state index contributed by atoms with van der Waals surface area (Å²) in [6.45, 7) is 6.17. The number of aromatic nitrogens is 1. The number of hydrogen-bond acceptors (Lipinski definition) is 6. The molecule has 3 aliphatic heterocycles. The third-order valence-electron chi connectivity index (χ3n) is 7.45. The highest BCUT2D eigenvalue weighted by atomic mass is 16.5. The van der Waals surface area contributed by atoms with Gasteiger partial charge >= 0.3 is 6.03 Å². The molecule has 2 aromatic rings. The van der Waals surface area contributed by atoms with Crippen molar-refractivity contribution in [1.82, 2.24) is 20.1 Å². The van der Waals surface area contributed by atoms with Gasteiger partial charge in [-0.05, 0) is 81.4 Å². The molecule has 5 rings (SSSR count). The maximum atomic E-state index is 13.9. The number of hydrogen-bond donors (Lipinski definition) is 1. The first-order chi connectivity index (χ1) is 17.1. The number of ether oxygens (including phenoxy) is 2. The largest absolute Gasteiger partial charge is 0.494 e. The van der Waals surface area contributed by atoms with Crippen molar-refractivity contribution in [2.24, 2.45) is 5.92 Å². The molecule has 35 heavy (non-hydrogen) atoms. The van der Waals surface area contributed by atoms with Gasteiger partial charge in [0.1, 0.15) is 5.75 Å². The summed E-state index contributed by atoms with van der Waals surface area (Å²) in [7, 11) is 0. The molecule has 186 valence electrons. The highest BCUT2D eigenvalue weighted by molar-refractivity contribution is 6.07. The van der Waals surface area contributed by atoms with E-state index in [9.17, 15) is 9.59 Å². The molecule has 0 saturated carbocycles. The number of piperidine rings is 1. The molecule has 1 aromatic carbocycles. The van der Waals surface area contributed by atoms with Crippen molar-refractivity contribution in [2.45, 2.75) is 50.8 Å². The molecule has 0 bridgehead atoms. The molecule has 1 aromatic heterocycles. The van der Waals surface area contributed by atoms with Crippen LogP contribution >= 0.6 is 0 Å². The van der Waals surface area contributed by atoms with E-state index in [0.717, 1.165) is 51.1 Å². The van der Waals surface area contributed by atoms with E-state index in [-0.39, 0.29) is 24.0 Å². The molecule has 1 N–H and O–H groups in total. The fourth-order valence-corrected chi connectivity index (χ4v) is 5.65. The van der Waals surface area contributed by atoms with Crippen molar-refractivity contribution in [3.63, 3.8) is 0 Å². The number of carbonyl (C=O) groups excluding carboxylic acids is 2. The average molecular weight is 479 g/mol. The summed E-state index contributed by atoms with van der Waals surface area (Å²) in [5, 5.41) is 3.10. The SMILES string of the molecule is CCOc1ccc(CN2CCC([C@@]3(c4ccccn4)NC(=O)N(C[C@@H]4CCCO4)C3=O)CC2)cc1. The Morgan fingerprint density at radius 2 is 1.91 bits per heavy atom. The standard InChI is InChI=1S/C27H34N4O4/c1-2-34-22-10-8-20(9-11-22)18-30-15-12-21(13-16-30)27(24-7-3-4-14-28-24)25(32)31(26(33)29-27)19-23-6-5-17-35-23/h3-4,7-11,14,21,23H,2,5-6,12-13,15-19H2,1H3,(H,29,33)/t23-,27-/m0/s1. The number of carbonyl (C=O) groups is 2. The summed E-state index contributed by atoms with van der Waals surface area (Å²) in [6, 6.07) is 13.5. The number of likely N-dealkylation sites (tertiary alicyclic amines) is 1. The minimum Gasteiger partial charge on any atom is -0.494 e. The number of imide groups is 1. The van der Waals surface area contributed by atoms with Gasteiger partial charge in [-0.1, -0.05) is 18.2 Å². The van der Waals surface area contributed by atoms with Crippen molar-refractivity contribution in [3.8, 4) is 5.75 Å². The molecular formula is C27H34N4O4. The summed E-state index contributed by atoms with van der Waals surface area (Å²) in [6.07, 6.45) is 5.05. The third-order valence-corrected chi connectivity index (χ3v) is 7.45. The van der Waals surface area contributed by atoms with Crippen LogP contribution < -0.4 is 10.1 Å². The first-order valence-corrected chi connectivity index (χ1v) is 12.7. The average Bonchev–Trinajstić information content (AvgIpc) is 3.49. The zero-order chi connectivity index (χ0) is 24.3. The van der Waals surface area contributed by atoms with Gasteiger partial charge in [0, 0.05) is 19.3 Å². The molecule has 3 saturated heterocycles. The quantitative estimate of drug-likeness (QED) is 0.586. The second-order valence-corrected chi connectivity index (χ2v) is 9.63. The van der Waals surface area contributed by atoms with Crippen LogP contribution in [0.1, 0.15) is 43.9 Å². The minimum absolute atomic E-state index is 0.0278. The fourth-order valence-electron chi connectivity index (χ4n) is 5.65. The number of nitrogens with zero attached hydrogens (tertiary/aromatic N) is 3. The van der Waals surface area contributed by atoms with Gasteiger partial charge in [-0.15, -0.1) is 0 Å². The second-order valence-electron chi connectivity index (χ2n) is 9.63. The Morgan fingerprint density at radius 3 is 2.57 bits per heavy atom. The lowest BCUT2D eigenvalue weighted by Crippen LogP contribution is -2.54. The van der Waals surface area contributed by atoms with Crippen LogP contribution in [0.15, 0.2) is 48.7 Å². The highest BCUT2D eigenvalue weighted by Crippen LogP contribution is 2.41. The minimum atomic E-state index is -1.12. The van der Waals surface area contributed by atoms with E-state index in [1.165, 1.54) is 10.5 Å². The third kappa shape index (κ3) is 4.77. The molecule has 8 nitrogen and oxygen atoms in total. The predicted octanol–water partition coefficient (Wildman–Crippen LogP) is 3.32. The van der Waals surface area contributed by atoms with E-state index in [1.54, 1.807) is 6.20 Å². The van der Waals surface area contributed by atoms with E-state index in [0.29, 0.717) is 25.5 Å². The number of pyridine rings is 1. The van der Waals surface area contributed by atoms with Crippen LogP contribution in [0.2, 0.25) is 0 Å². The van der Waals surface area contributed by atoms with Crippen molar-refractivity contribution >= 4 is 11.9 Å². The van der Waals surface area contributed by atoms with Crippen LogP contribution in [0.5, 0.6) is 5.75 Å². The number of urea groups is 1. The lowest BCUT2D eigenvalue weighted by atomic mass is 9.75. The Morgan fingerprint density at radius 1 is 1.11 bits per heavy atom. The van der Waals surface area contributed by atoms with E-state index in [4.69, 9.17) is 9.47 Å². The van der Waals surface area contributed by atoms with Crippen LogP contribution in [0, 0.1) is 5.92 Å². The van der Waals surface area contributed by atoms with E-state index < -0.39 is 5.54 Å². The molecule has 3 amide bonds. The second kappa shape index (κ2) is 10.3. The van der Waals surface area contributed by atoms with Gasteiger partial charge < -0.3 is 14.8 Å². The van der Waals surface area contributed by atoms with Crippen molar-refractivity contribution < 1.29 is 19.1 Å². The molecule has 0 aliphatic carbocycles. The molecule has 0 radical (unpaired) electrons. The molecule has 0 unspecified atom stereocenters. The maximum absolute atomic E-state index is 13.9. The van der Waals surface area contributed by atoms with Crippen LogP contribution in [0.4, 0.5) is 4.79 Å². The summed E-state index contributed by atoms with van der Waals surface area (Å²) >= 11 is 0. The van der Waals surface area contributed by atoms with Gasteiger partial charge in [-0.2, -0.15) is 0 Å². The number of nitrogens with one attached hydrogen (secondary N) is 1. The van der Waals surface area contributed by atoms with Gasteiger partial charge in [-0.3, -0.25) is 19.6 Å². The van der Waals surface area contributed by atoms with Gasteiger partial charge in [-0.25, -0.2) is 4.79 Å². The van der Waals surface area contributed by atoms with Crippen molar-refractivity contribution in [3.05, 3.63) is 59.9 Å². The zero-order valence-electron chi connectivity index (χ0n) is 20.3. The van der Waals surface area contributed by atoms with Gasteiger partial charge in [0.05, 0.1) is 24.9 Å². The van der Waals surface area contributed by atoms with Gasteiger partial charge in [0.15, 0.2) is 5.54 Å². The number of amides is 3. The Kier molecular flexibility index (Phi) is 7.02. The lowest BCUT2D eigenvalue weighted by molar-refractivity contribution is -0.135. The Bertz CT molecular complexity index is 1020. The molecule has 8 heteroatoms. The van der Waals surface area contributed by atoms with Crippen LogP contribution in [-0.4, -0.2) is 65.7 Å². The Labute approximate surface area is 206 Å². The highest BCUT2D eigenvalue weighted by Gasteiger charge is 2.58. The molecule has 2 atom stereocenters. The van der Waals surface area contributed by atoms with Crippen LogP contribution in [0.25, 0.3) is 0 Å². The monoisotopic (exact) mass is 478 g/mol. The molecule has 3 aliphatic rings. The normalized spacial score (nSPS) is 25.7. The van der Waals surface area contributed by atoms with Crippen LogP contribution in [0.3, 0.4) is 0 Å². The first kappa shape index (κ1) is 23.8. The molecule has 3 fully saturated rings. The molecular weight excluding hydrogens is 444 g/mol. The lowest BCUT2D eigenvalue weighted by Gasteiger charge is -2.40. The Hall–Kier alpha value is -2.97. The van der Waals surface area contributed by atoms with Crippen molar-refractivity contribution in [1.29, 1.82) is 0 Å². The topological polar surface area (TPSA) is 84.0 Å². The summed E-state index contributed by atoms with van der Waals surface area (Å²) < 4.78 is 11.3. The van der Waals surface area contributed by atoms with Gasteiger partial charge in [0.25, 0.3) is 5.91 Å². The molecule has 4 heterocycles. The zero-order valence-corrected chi connectivity index (χ0v) is 20.3. The van der Waals surface area contributed by atoms with Gasteiger partial charge in [0.2, 0.25) is 0 Å². The predicted molar refractivity (Wildman–Crippen MR) is 131 cm³/mol. The summed E-state index contributed by atoms with van der Waals surface area (Å²) in [5.41, 5.74) is 0.736. The Balaban J connectivity index is 1.31. The number of benzene rings is 1. The van der Waals surface area contributed by atoms with Crippen LogP contribution in [-0.2, 0) is 21.6 Å². The number of rotatable bonds is 8. The van der Waals surface area contributed by atoms with E-state index in [2.05, 4.69) is 27.3 Å².